The first-order valence-electron chi connectivity index (χ1n) is 9.76. The van der Waals surface area contributed by atoms with E-state index < -0.39 is 12.5 Å². The Kier molecular flexibility index (Phi) is 4.34. The molecule has 0 unspecified atom stereocenters. The number of likely N-dealkylation sites (tertiary alicyclic amines) is 1. The second-order valence-corrected chi connectivity index (χ2v) is 7.52. The molecule has 3 heterocycles. The number of aromatic nitrogens is 3. The quantitative estimate of drug-likeness (QED) is 0.515. The maximum absolute atomic E-state index is 13.8. The van der Waals surface area contributed by atoms with E-state index in [1.807, 2.05) is 36.4 Å². The maximum atomic E-state index is 13.8. The summed E-state index contributed by atoms with van der Waals surface area (Å²) in [7, 11) is 0. The molecular weight excluding hydrogens is 388 g/mol. The Balaban J connectivity index is 1.46. The molecule has 0 atom stereocenters. The number of halogens is 2. The fraction of sp³-hybridized carbons (Fsp3) is 0.227. The minimum Gasteiger partial charge on any atom is -0.337 e. The van der Waals surface area contributed by atoms with Gasteiger partial charge in [0.2, 0.25) is 0 Å². The molecule has 0 spiro atoms. The number of pyridine rings is 1. The number of carbonyl (C=O) groups is 1. The van der Waals surface area contributed by atoms with Crippen molar-refractivity contribution in [2.45, 2.75) is 18.8 Å². The lowest BCUT2D eigenvalue weighted by atomic mass is 10.0. The van der Waals surface area contributed by atoms with Crippen LogP contribution in [0.4, 0.5) is 20.3 Å². The van der Waals surface area contributed by atoms with Crippen LogP contribution in [0.2, 0.25) is 0 Å². The molecule has 30 heavy (non-hydrogen) atoms. The summed E-state index contributed by atoms with van der Waals surface area (Å²) in [6.45, 7) is -0.176. The van der Waals surface area contributed by atoms with Gasteiger partial charge in [-0.1, -0.05) is 18.2 Å². The van der Waals surface area contributed by atoms with Crippen molar-refractivity contribution in [1.82, 2.24) is 20.1 Å². The van der Waals surface area contributed by atoms with E-state index in [1.165, 1.54) is 4.90 Å². The van der Waals surface area contributed by atoms with Gasteiger partial charge in [-0.05, 0) is 47.5 Å². The maximum Gasteiger partial charge on any atom is 0.265 e. The van der Waals surface area contributed by atoms with Gasteiger partial charge in [0.25, 0.3) is 11.8 Å². The third-order valence-corrected chi connectivity index (χ3v) is 5.37. The number of nitrogens with one attached hydrogen (secondary N) is 2. The Morgan fingerprint density at radius 1 is 1.17 bits per heavy atom. The van der Waals surface area contributed by atoms with E-state index in [9.17, 15) is 13.6 Å². The van der Waals surface area contributed by atoms with Gasteiger partial charge in [0.1, 0.15) is 5.52 Å². The van der Waals surface area contributed by atoms with E-state index >= 15 is 0 Å². The number of aromatic amines is 1. The molecule has 0 radical (unpaired) electrons. The molecule has 6 nitrogen and oxygen atoms in total. The highest BCUT2D eigenvalue weighted by Crippen LogP contribution is 2.30. The minimum absolute atomic E-state index is 0.169. The molecule has 2 aromatic heterocycles. The van der Waals surface area contributed by atoms with Gasteiger partial charge in [0.15, 0.2) is 5.82 Å². The zero-order chi connectivity index (χ0) is 20.7. The molecule has 0 saturated carbocycles. The number of piperidine rings is 1. The van der Waals surface area contributed by atoms with Crippen LogP contribution >= 0.6 is 0 Å². The van der Waals surface area contributed by atoms with E-state index in [0.29, 0.717) is 24.3 Å². The van der Waals surface area contributed by atoms with Gasteiger partial charge in [-0.2, -0.15) is 5.10 Å². The average Bonchev–Trinajstić information content (AvgIpc) is 3.15. The van der Waals surface area contributed by atoms with E-state index in [4.69, 9.17) is 0 Å². The van der Waals surface area contributed by atoms with Crippen molar-refractivity contribution < 1.29 is 13.6 Å². The summed E-state index contributed by atoms with van der Waals surface area (Å²) in [5, 5.41) is 12.0. The van der Waals surface area contributed by atoms with E-state index in [0.717, 1.165) is 27.5 Å². The van der Waals surface area contributed by atoms with Gasteiger partial charge in [0, 0.05) is 30.4 Å². The predicted octanol–water partition coefficient (Wildman–Crippen LogP) is 4.73. The van der Waals surface area contributed by atoms with Gasteiger partial charge in [-0.25, -0.2) is 8.78 Å². The average molecular weight is 407 g/mol. The standard InChI is InChI=1S/C22H19F2N5O/c23-22(24)9-3-11-29(13-22)21(30)17-5-1-4-14-12-15(7-8-16(14)17)26-20-19-18(27-28-20)6-2-10-25-19/h1-2,4-8,10,12H,3,9,11,13H2,(H2,26,27,28). The predicted molar refractivity (Wildman–Crippen MR) is 111 cm³/mol. The number of rotatable bonds is 3. The fourth-order valence-corrected chi connectivity index (χ4v) is 3.93. The number of amides is 1. The summed E-state index contributed by atoms with van der Waals surface area (Å²) >= 11 is 0. The van der Waals surface area contributed by atoms with Crippen molar-refractivity contribution in [3.05, 3.63) is 60.3 Å². The molecule has 1 fully saturated rings. The number of H-pyrrole nitrogens is 1. The van der Waals surface area contributed by atoms with Gasteiger partial charge in [-0.15, -0.1) is 0 Å². The highest BCUT2D eigenvalue weighted by molar-refractivity contribution is 6.07. The highest BCUT2D eigenvalue weighted by Gasteiger charge is 2.37. The Morgan fingerprint density at radius 3 is 2.93 bits per heavy atom. The molecule has 4 aromatic rings. The second-order valence-electron chi connectivity index (χ2n) is 7.52. The molecule has 2 N–H and O–H groups in total. The fourth-order valence-electron chi connectivity index (χ4n) is 3.93. The van der Waals surface area contributed by atoms with Crippen LogP contribution in [0.15, 0.2) is 54.7 Å². The monoisotopic (exact) mass is 407 g/mol. The molecule has 8 heteroatoms. The van der Waals surface area contributed by atoms with Gasteiger partial charge in [-0.3, -0.25) is 14.9 Å². The molecule has 5 rings (SSSR count). The number of anilines is 2. The van der Waals surface area contributed by atoms with Gasteiger partial charge in [0.05, 0.1) is 12.1 Å². The van der Waals surface area contributed by atoms with Crippen LogP contribution in [-0.2, 0) is 0 Å². The van der Waals surface area contributed by atoms with Crippen LogP contribution in [0, 0.1) is 0 Å². The molecule has 1 saturated heterocycles. The molecular formula is C22H19F2N5O. The summed E-state index contributed by atoms with van der Waals surface area (Å²) in [5.74, 6) is -2.58. The highest BCUT2D eigenvalue weighted by atomic mass is 19.3. The Hall–Kier alpha value is -3.55. The molecule has 0 bridgehead atoms. The lowest BCUT2D eigenvalue weighted by molar-refractivity contribution is -0.0560. The zero-order valence-corrected chi connectivity index (χ0v) is 16.0. The SMILES string of the molecule is O=C(c1cccc2cc(Nc3n[nH]c4cccnc34)ccc12)N1CCCC(F)(F)C1. The molecule has 1 aliphatic rings. The first-order valence-corrected chi connectivity index (χ1v) is 9.76. The van der Waals surface area contributed by atoms with E-state index in [1.54, 1.807) is 18.3 Å². The number of benzene rings is 2. The number of nitrogens with zero attached hydrogens (tertiary/aromatic N) is 3. The first-order chi connectivity index (χ1) is 14.5. The van der Waals surface area contributed by atoms with Crippen LogP contribution in [0.1, 0.15) is 23.2 Å². The summed E-state index contributed by atoms with van der Waals surface area (Å²) in [5.41, 5.74) is 2.78. The van der Waals surface area contributed by atoms with Crippen LogP contribution in [0.25, 0.3) is 21.8 Å². The molecule has 1 aliphatic heterocycles. The van der Waals surface area contributed by atoms with Crippen molar-refractivity contribution in [2.75, 3.05) is 18.4 Å². The van der Waals surface area contributed by atoms with Crippen molar-refractivity contribution in [1.29, 1.82) is 0 Å². The summed E-state index contributed by atoms with van der Waals surface area (Å²) in [6, 6.07) is 14.6. The number of hydrogen-bond acceptors (Lipinski definition) is 4. The molecule has 0 aliphatic carbocycles. The van der Waals surface area contributed by atoms with Crippen molar-refractivity contribution in [3.8, 4) is 0 Å². The summed E-state index contributed by atoms with van der Waals surface area (Å²) < 4.78 is 27.5. The number of carbonyl (C=O) groups excluding carboxylic acids is 1. The molecule has 1 amide bonds. The first kappa shape index (κ1) is 18.5. The Morgan fingerprint density at radius 2 is 2.07 bits per heavy atom. The van der Waals surface area contributed by atoms with Crippen molar-refractivity contribution >= 4 is 39.2 Å². The minimum atomic E-state index is -2.82. The lowest BCUT2D eigenvalue weighted by Gasteiger charge is -2.32. The normalized spacial score (nSPS) is 16.1. The number of fused-ring (bicyclic) bond motifs is 2. The topological polar surface area (TPSA) is 73.9 Å². The van der Waals surface area contributed by atoms with Crippen molar-refractivity contribution in [3.63, 3.8) is 0 Å². The largest absolute Gasteiger partial charge is 0.337 e. The smallest absolute Gasteiger partial charge is 0.265 e. The van der Waals surface area contributed by atoms with Crippen molar-refractivity contribution in [2.24, 2.45) is 0 Å². The third kappa shape index (κ3) is 3.34. The molecule has 2 aromatic carbocycles. The Bertz CT molecular complexity index is 1250. The number of hydrogen-bond donors (Lipinski definition) is 2. The summed E-state index contributed by atoms with van der Waals surface area (Å²) in [6.07, 6.45) is 1.84. The second kappa shape index (κ2) is 7.05. The van der Waals surface area contributed by atoms with Crippen LogP contribution in [-0.4, -0.2) is 45.0 Å². The van der Waals surface area contributed by atoms with Crippen LogP contribution < -0.4 is 5.32 Å². The van der Waals surface area contributed by atoms with Gasteiger partial charge >= 0.3 is 0 Å². The van der Waals surface area contributed by atoms with Crippen LogP contribution in [0.3, 0.4) is 0 Å². The Labute approximate surface area is 170 Å². The van der Waals surface area contributed by atoms with E-state index in [-0.39, 0.29) is 12.3 Å². The van der Waals surface area contributed by atoms with E-state index in [2.05, 4.69) is 20.5 Å². The number of alkyl halides is 2. The lowest BCUT2D eigenvalue weighted by Crippen LogP contribution is -2.45. The summed E-state index contributed by atoms with van der Waals surface area (Å²) in [4.78, 5) is 18.5. The third-order valence-electron chi connectivity index (χ3n) is 5.37. The van der Waals surface area contributed by atoms with Gasteiger partial charge < -0.3 is 10.2 Å². The molecule has 152 valence electrons. The van der Waals surface area contributed by atoms with Crippen LogP contribution in [0.5, 0.6) is 0 Å². The zero-order valence-electron chi connectivity index (χ0n) is 16.0.